The minimum Gasteiger partial charge on any atom is -0.493 e. The first-order chi connectivity index (χ1) is 11.5. The van der Waals surface area contributed by atoms with Crippen LogP contribution < -0.4 is 14.8 Å². The number of carbonyl (C=O) groups excluding carboxylic acids is 1. The van der Waals surface area contributed by atoms with E-state index < -0.39 is 0 Å². The highest BCUT2D eigenvalue weighted by Crippen LogP contribution is 2.33. The third-order valence-electron chi connectivity index (χ3n) is 3.38. The highest BCUT2D eigenvalue weighted by molar-refractivity contribution is 6.42. The van der Waals surface area contributed by atoms with Gasteiger partial charge in [0, 0.05) is 17.8 Å². The van der Waals surface area contributed by atoms with Crippen molar-refractivity contribution in [2.75, 3.05) is 19.5 Å². The van der Waals surface area contributed by atoms with Crippen LogP contribution in [-0.4, -0.2) is 20.1 Å². The second-order valence-electron chi connectivity index (χ2n) is 4.99. The number of hydrogen-bond acceptors (Lipinski definition) is 3. The first-order valence-electron chi connectivity index (χ1n) is 7.12. The van der Waals surface area contributed by atoms with Gasteiger partial charge in [-0.2, -0.15) is 0 Å². The van der Waals surface area contributed by atoms with Crippen LogP contribution in [0.3, 0.4) is 0 Å². The molecular weight excluding hydrogens is 349 g/mol. The molecule has 0 aliphatic heterocycles. The van der Waals surface area contributed by atoms with Crippen LogP contribution in [0.1, 0.15) is 11.1 Å². The summed E-state index contributed by atoms with van der Waals surface area (Å²) in [7, 11) is 3.10. The van der Waals surface area contributed by atoms with Crippen molar-refractivity contribution in [2.45, 2.75) is 6.92 Å². The average Bonchev–Trinajstić information content (AvgIpc) is 2.57. The van der Waals surface area contributed by atoms with Crippen LogP contribution in [0, 0.1) is 6.92 Å². The molecule has 0 bridgehead atoms. The van der Waals surface area contributed by atoms with Crippen LogP contribution in [0.2, 0.25) is 10.0 Å². The lowest BCUT2D eigenvalue weighted by molar-refractivity contribution is -0.111. The van der Waals surface area contributed by atoms with Crippen molar-refractivity contribution in [3.63, 3.8) is 0 Å². The summed E-state index contributed by atoms with van der Waals surface area (Å²) in [6.45, 7) is 1.87. The molecule has 0 radical (unpaired) electrons. The summed E-state index contributed by atoms with van der Waals surface area (Å²) in [4.78, 5) is 12.1. The van der Waals surface area contributed by atoms with Gasteiger partial charge in [-0.15, -0.1) is 0 Å². The van der Waals surface area contributed by atoms with Gasteiger partial charge in [0.1, 0.15) is 0 Å². The topological polar surface area (TPSA) is 47.6 Å². The van der Waals surface area contributed by atoms with E-state index in [1.165, 1.54) is 6.08 Å². The van der Waals surface area contributed by atoms with Gasteiger partial charge in [0.05, 0.1) is 24.3 Å². The molecule has 2 aromatic carbocycles. The fourth-order valence-corrected chi connectivity index (χ4v) is 2.48. The Kier molecular flexibility index (Phi) is 6.12. The number of amides is 1. The molecule has 0 saturated carbocycles. The van der Waals surface area contributed by atoms with Gasteiger partial charge in [0.25, 0.3) is 0 Å². The number of halogens is 2. The molecule has 4 nitrogen and oxygen atoms in total. The Morgan fingerprint density at radius 3 is 2.46 bits per heavy atom. The third-order valence-corrected chi connectivity index (χ3v) is 4.22. The number of carbonyl (C=O) groups is 1. The maximum Gasteiger partial charge on any atom is 0.248 e. The van der Waals surface area contributed by atoms with Gasteiger partial charge in [-0.25, -0.2) is 0 Å². The second kappa shape index (κ2) is 8.08. The van der Waals surface area contributed by atoms with Crippen molar-refractivity contribution in [3.05, 3.63) is 57.6 Å². The maximum absolute atomic E-state index is 12.1. The van der Waals surface area contributed by atoms with Crippen molar-refractivity contribution in [1.82, 2.24) is 0 Å². The Bertz CT molecular complexity index is 788. The van der Waals surface area contributed by atoms with Crippen LogP contribution in [-0.2, 0) is 4.79 Å². The molecule has 0 fully saturated rings. The lowest BCUT2D eigenvalue weighted by atomic mass is 10.1. The number of benzene rings is 2. The fourth-order valence-electron chi connectivity index (χ4n) is 2.10. The number of aryl methyl sites for hydroxylation is 1. The predicted octanol–water partition coefficient (Wildman–Crippen LogP) is 4.97. The molecule has 0 heterocycles. The minimum atomic E-state index is -0.290. The zero-order chi connectivity index (χ0) is 17.7. The molecule has 2 aromatic rings. The SMILES string of the molecule is COc1cc(C)c(NC(=O)C=Cc2cccc(Cl)c2Cl)cc1OC. The molecule has 6 heteroatoms. The van der Waals surface area contributed by atoms with Gasteiger partial charge >= 0.3 is 0 Å². The quantitative estimate of drug-likeness (QED) is 0.760. The Balaban J connectivity index is 2.18. The molecule has 24 heavy (non-hydrogen) atoms. The molecule has 2 rings (SSSR count). The van der Waals surface area contributed by atoms with Crippen LogP contribution in [0.4, 0.5) is 5.69 Å². The normalized spacial score (nSPS) is 10.7. The Morgan fingerprint density at radius 1 is 1.12 bits per heavy atom. The summed E-state index contributed by atoms with van der Waals surface area (Å²) in [6, 6.07) is 8.75. The average molecular weight is 366 g/mol. The number of ether oxygens (including phenoxy) is 2. The van der Waals surface area contributed by atoms with E-state index in [4.69, 9.17) is 32.7 Å². The highest BCUT2D eigenvalue weighted by Gasteiger charge is 2.10. The molecule has 126 valence electrons. The predicted molar refractivity (Wildman–Crippen MR) is 98.4 cm³/mol. The van der Waals surface area contributed by atoms with E-state index >= 15 is 0 Å². The van der Waals surface area contributed by atoms with Crippen LogP contribution in [0.15, 0.2) is 36.4 Å². The van der Waals surface area contributed by atoms with E-state index in [9.17, 15) is 4.79 Å². The highest BCUT2D eigenvalue weighted by atomic mass is 35.5. The van der Waals surface area contributed by atoms with Crippen molar-refractivity contribution >= 4 is 40.9 Å². The van der Waals surface area contributed by atoms with Gasteiger partial charge in [0.15, 0.2) is 11.5 Å². The zero-order valence-electron chi connectivity index (χ0n) is 13.5. The standard InChI is InChI=1S/C18H17Cl2NO3/c1-11-9-15(23-2)16(24-3)10-14(11)21-17(22)8-7-12-5-4-6-13(19)18(12)20/h4-10H,1-3H3,(H,21,22). The summed E-state index contributed by atoms with van der Waals surface area (Å²) in [5.41, 5.74) is 2.16. The number of methoxy groups -OCH3 is 2. The molecule has 0 atom stereocenters. The third kappa shape index (κ3) is 4.22. The van der Waals surface area contributed by atoms with E-state index in [1.807, 2.05) is 6.92 Å². The Morgan fingerprint density at radius 2 is 1.79 bits per heavy atom. The first kappa shape index (κ1) is 18.2. The summed E-state index contributed by atoms with van der Waals surface area (Å²) in [5, 5.41) is 3.65. The lowest BCUT2D eigenvalue weighted by Gasteiger charge is -2.12. The van der Waals surface area contributed by atoms with E-state index in [-0.39, 0.29) is 5.91 Å². The second-order valence-corrected chi connectivity index (χ2v) is 5.77. The summed E-state index contributed by atoms with van der Waals surface area (Å²) >= 11 is 12.0. The smallest absolute Gasteiger partial charge is 0.248 e. The molecular formula is C18H17Cl2NO3. The van der Waals surface area contributed by atoms with E-state index in [0.717, 1.165) is 5.56 Å². The summed E-state index contributed by atoms with van der Waals surface area (Å²) in [5.74, 6) is 0.857. The van der Waals surface area contributed by atoms with Gasteiger partial charge in [0.2, 0.25) is 5.91 Å². The molecule has 0 aromatic heterocycles. The summed E-state index contributed by atoms with van der Waals surface area (Å²) < 4.78 is 10.5. The van der Waals surface area contributed by atoms with Crippen molar-refractivity contribution < 1.29 is 14.3 Å². The number of hydrogen-bond donors (Lipinski definition) is 1. The number of nitrogens with one attached hydrogen (secondary N) is 1. The minimum absolute atomic E-state index is 0.290. The molecule has 1 amide bonds. The number of rotatable bonds is 5. The number of anilines is 1. The summed E-state index contributed by atoms with van der Waals surface area (Å²) in [6.07, 6.45) is 3.01. The van der Waals surface area contributed by atoms with Gasteiger partial charge in [-0.1, -0.05) is 35.3 Å². The molecule has 1 N–H and O–H groups in total. The maximum atomic E-state index is 12.1. The van der Waals surface area contributed by atoms with Gasteiger partial charge in [-0.3, -0.25) is 4.79 Å². The van der Waals surface area contributed by atoms with E-state index in [1.54, 1.807) is 50.6 Å². The molecule has 0 saturated heterocycles. The van der Waals surface area contributed by atoms with Crippen LogP contribution in [0.5, 0.6) is 11.5 Å². The van der Waals surface area contributed by atoms with Crippen molar-refractivity contribution in [1.29, 1.82) is 0 Å². The zero-order valence-corrected chi connectivity index (χ0v) is 15.0. The Labute approximate surface area is 151 Å². The van der Waals surface area contributed by atoms with Crippen molar-refractivity contribution in [2.24, 2.45) is 0 Å². The van der Waals surface area contributed by atoms with E-state index in [2.05, 4.69) is 5.32 Å². The molecule has 0 unspecified atom stereocenters. The van der Waals surface area contributed by atoms with Crippen molar-refractivity contribution in [3.8, 4) is 11.5 Å². The fraction of sp³-hybridized carbons (Fsp3) is 0.167. The Hall–Kier alpha value is -2.17. The van der Waals surface area contributed by atoms with Gasteiger partial charge in [-0.05, 0) is 36.3 Å². The van der Waals surface area contributed by atoms with Crippen LogP contribution >= 0.6 is 23.2 Å². The largest absolute Gasteiger partial charge is 0.493 e. The monoisotopic (exact) mass is 365 g/mol. The first-order valence-corrected chi connectivity index (χ1v) is 7.87. The van der Waals surface area contributed by atoms with Gasteiger partial charge < -0.3 is 14.8 Å². The van der Waals surface area contributed by atoms with E-state index in [0.29, 0.717) is 32.8 Å². The molecule has 0 spiro atoms. The van der Waals surface area contributed by atoms with Crippen LogP contribution in [0.25, 0.3) is 6.08 Å². The molecule has 0 aliphatic carbocycles. The lowest BCUT2D eigenvalue weighted by Crippen LogP contribution is -2.09. The molecule has 0 aliphatic rings.